The average Bonchev–Trinajstić information content (AvgIpc) is 2.62. The van der Waals surface area contributed by atoms with Crippen molar-refractivity contribution in [2.75, 3.05) is 23.9 Å². The molecule has 1 aromatic rings. The summed E-state index contributed by atoms with van der Waals surface area (Å²) in [5.41, 5.74) is 2.34. The van der Waals surface area contributed by atoms with Gasteiger partial charge in [0, 0.05) is 24.7 Å². The fraction of sp³-hybridized carbons (Fsp3) is 0.500. The van der Waals surface area contributed by atoms with E-state index in [2.05, 4.69) is 4.90 Å². The first-order valence-corrected chi connectivity index (χ1v) is 5.94. The van der Waals surface area contributed by atoms with Gasteiger partial charge >= 0.3 is 0 Å². The summed E-state index contributed by atoms with van der Waals surface area (Å²) in [4.78, 5) is 2.25. The zero-order valence-electron chi connectivity index (χ0n) is 8.68. The fourth-order valence-corrected chi connectivity index (χ4v) is 2.24. The zero-order chi connectivity index (χ0) is 10.7. The predicted molar refractivity (Wildman–Crippen MR) is 62.3 cm³/mol. The molecule has 0 atom stereocenters. The molecule has 1 aliphatic heterocycles. The van der Waals surface area contributed by atoms with E-state index in [1.165, 1.54) is 5.56 Å². The standard InChI is InChI=1S/C12H15ClFN/c13-6-1-2-7-15-8-5-10-3-4-11(14)9-12(10)15/h3-4,9H,1-2,5-8H2. The molecule has 1 heterocycles. The molecule has 82 valence electrons. The highest BCUT2D eigenvalue weighted by molar-refractivity contribution is 6.17. The van der Waals surface area contributed by atoms with E-state index in [1.54, 1.807) is 12.1 Å². The van der Waals surface area contributed by atoms with Crippen LogP contribution in [0, 0.1) is 5.82 Å². The summed E-state index contributed by atoms with van der Waals surface area (Å²) < 4.78 is 13.1. The Bertz CT molecular complexity index is 340. The first-order valence-electron chi connectivity index (χ1n) is 5.40. The van der Waals surface area contributed by atoms with Gasteiger partial charge in [-0.25, -0.2) is 4.39 Å². The average molecular weight is 228 g/mol. The lowest BCUT2D eigenvalue weighted by atomic mass is 10.2. The molecule has 2 rings (SSSR count). The highest BCUT2D eigenvalue weighted by atomic mass is 35.5. The van der Waals surface area contributed by atoms with E-state index in [9.17, 15) is 4.39 Å². The fourth-order valence-electron chi connectivity index (χ4n) is 2.05. The van der Waals surface area contributed by atoms with Crippen molar-refractivity contribution in [2.45, 2.75) is 19.3 Å². The van der Waals surface area contributed by atoms with Crippen LogP contribution in [0.3, 0.4) is 0 Å². The molecule has 0 N–H and O–H groups in total. The maximum absolute atomic E-state index is 13.1. The lowest BCUT2D eigenvalue weighted by Crippen LogP contribution is -2.21. The Balaban J connectivity index is 2.03. The molecular formula is C12H15ClFN. The quantitative estimate of drug-likeness (QED) is 0.564. The van der Waals surface area contributed by atoms with Crippen LogP contribution in [0.15, 0.2) is 18.2 Å². The molecule has 0 fully saturated rings. The third-order valence-electron chi connectivity index (χ3n) is 2.85. The molecule has 0 amide bonds. The lowest BCUT2D eigenvalue weighted by Gasteiger charge is -2.18. The van der Waals surface area contributed by atoms with Gasteiger partial charge in [0.25, 0.3) is 0 Å². The number of benzene rings is 1. The summed E-state index contributed by atoms with van der Waals surface area (Å²) in [6.45, 7) is 2.00. The van der Waals surface area contributed by atoms with Gasteiger partial charge in [-0.05, 0) is 37.0 Å². The first kappa shape index (κ1) is 10.7. The van der Waals surface area contributed by atoms with Crippen molar-refractivity contribution in [1.82, 2.24) is 0 Å². The van der Waals surface area contributed by atoms with Crippen LogP contribution in [0.5, 0.6) is 0 Å². The summed E-state index contributed by atoms with van der Waals surface area (Å²) in [5.74, 6) is 0.571. The molecule has 1 nitrogen and oxygen atoms in total. The molecule has 0 aliphatic carbocycles. The van der Waals surface area contributed by atoms with E-state index in [0.29, 0.717) is 5.88 Å². The van der Waals surface area contributed by atoms with Gasteiger partial charge in [0.1, 0.15) is 5.82 Å². The van der Waals surface area contributed by atoms with Crippen LogP contribution >= 0.6 is 11.6 Å². The number of anilines is 1. The molecule has 0 aromatic heterocycles. The van der Waals surface area contributed by atoms with E-state index >= 15 is 0 Å². The Morgan fingerprint density at radius 1 is 1.33 bits per heavy atom. The Morgan fingerprint density at radius 2 is 2.20 bits per heavy atom. The molecule has 0 saturated heterocycles. The van der Waals surface area contributed by atoms with E-state index in [1.807, 2.05) is 6.07 Å². The van der Waals surface area contributed by atoms with Gasteiger partial charge in [0.15, 0.2) is 0 Å². The second kappa shape index (κ2) is 4.84. The summed E-state index contributed by atoms with van der Waals surface area (Å²) in [7, 11) is 0. The molecule has 0 bridgehead atoms. The number of unbranched alkanes of at least 4 members (excludes halogenated alkanes) is 1. The van der Waals surface area contributed by atoms with Crippen molar-refractivity contribution < 1.29 is 4.39 Å². The number of nitrogens with zero attached hydrogens (tertiary/aromatic N) is 1. The van der Waals surface area contributed by atoms with Gasteiger partial charge in [0.2, 0.25) is 0 Å². The van der Waals surface area contributed by atoms with Crippen LogP contribution < -0.4 is 4.90 Å². The minimum Gasteiger partial charge on any atom is -0.371 e. The Labute approximate surface area is 94.8 Å². The first-order chi connectivity index (χ1) is 7.31. The van der Waals surface area contributed by atoms with Crippen LogP contribution in [-0.4, -0.2) is 19.0 Å². The van der Waals surface area contributed by atoms with Crippen molar-refractivity contribution >= 4 is 17.3 Å². The van der Waals surface area contributed by atoms with Crippen molar-refractivity contribution in [3.05, 3.63) is 29.6 Å². The molecule has 0 saturated carbocycles. The maximum Gasteiger partial charge on any atom is 0.125 e. The van der Waals surface area contributed by atoms with Crippen molar-refractivity contribution in [1.29, 1.82) is 0 Å². The third-order valence-corrected chi connectivity index (χ3v) is 3.12. The molecule has 0 unspecified atom stereocenters. The smallest absolute Gasteiger partial charge is 0.125 e. The van der Waals surface area contributed by atoms with Gasteiger partial charge in [-0.1, -0.05) is 6.07 Å². The van der Waals surface area contributed by atoms with E-state index < -0.39 is 0 Å². The number of alkyl halides is 1. The van der Waals surface area contributed by atoms with E-state index in [0.717, 1.165) is 38.0 Å². The highest BCUT2D eigenvalue weighted by Crippen LogP contribution is 2.28. The molecule has 15 heavy (non-hydrogen) atoms. The molecule has 0 spiro atoms. The molecular weight excluding hydrogens is 213 g/mol. The Morgan fingerprint density at radius 3 is 3.00 bits per heavy atom. The number of hydrogen-bond acceptors (Lipinski definition) is 1. The molecule has 3 heteroatoms. The number of rotatable bonds is 4. The van der Waals surface area contributed by atoms with Crippen molar-refractivity contribution in [2.24, 2.45) is 0 Å². The van der Waals surface area contributed by atoms with Crippen LogP contribution in [0.1, 0.15) is 18.4 Å². The second-order valence-corrected chi connectivity index (χ2v) is 4.28. The summed E-state index contributed by atoms with van der Waals surface area (Å²) in [6, 6.07) is 5.08. The van der Waals surface area contributed by atoms with Crippen molar-refractivity contribution in [3.8, 4) is 0 Å². The molecule has 0 radical (unpaired) electrons. The van der Waals surface area contributed by atoms with Gasteiger partial charge < -0.3 is 4.90 Å². The van der Waals surface area contributed by atoms with Gasteiger partial charge in [0.05, 0.1) is 0 Å². The van der Waals surface area contributed by atoms with E-state index in [-0.39, 0.29) is 5.82 Å². The minimum absolute atomic E-state index is 0.141. The third kappa shape index (κ3) is 2.43. The van der Waals surface area contributed by atoms with E-state index in [4.69, 9.17) is 11.6 Å². The van der Waals surface area contributed by atoms with Gasteiger partial charge in [-0.15, -0.1) is 11.6 Å². The monoisotopic (exact) mass is 227 g/mol. The summed E-state index contributed by atoms with van der Waals surface area (Å²) >= 11 is 5.63. The number of fused-ring (bicyclic) bond motifs is 1. The second-order valence-electron chi connectivity index (χ2n) is 3.91. The summed E-state index contributed by atoms with van der Waals surface area (Å²) in [6.07, 6.45) is 3.15. The lowest BCUT2D eigenvalue weighted by molar-refractivity contribution is 0.627. The van der Waals surface area contributed by atoms with Crippen LogP contribution in [-0.2, 0) is 6.42 Å². The SMILES string of the molecule is Fc1ccc2c(c1)N(CCCCCl)CC2. The zero-order valence-corrected chi connectivity index (χ0v) is 9.43. The normalized spacial score (nSPS) is 14.4. The summed E-state index contributed by atoms with van der Waals surface area (Å²) in [5, 5.41) is 0. The van der Waals surface area contributed by atoms with Crippen LogP contribution in [0.25, 0.3) is 0 Å². The van der Waals surface area contributed by atoms with Crippen LogP contribution in [0.4, 0.5) is 10.1 Å². The minimum atomic E-state index is -0.141. The Kier molecular flexibility index (Phi) is 3.47. The van der Waals surface area contributed by atoms with Crippen LogP contribution in [0.2, 0.25) is 0 Å². The topological polar surface area (TPSA) is 3.24 Å². The predicted octanol–water partition coefficient (Wildman–Crippen LogP) is 3.21. The van der Waals surface area contributed by atoms with Gasteiger partial charge in [-0.3, -0.25) is 0 Å². The van der Waals surface area contributed by atoms with Gasteiger partial charge in [-0.2, -0.15) is 0 Å². The van der Waals surface area contributed by atoms with Crippen molar-refractivity contribution in [3.63, 3.8) is 0 Å². The molecule has 1 aliphatic rings. The highest BCUT2D eigenvalue weighted by Gasteiger charge is 2.18. The Hall–Kier alpha value is -0.760. The largest absolute Gasteiger partial charge is 0.371 e. The molecule has 1 aromatic carbocycles. The maximum atomic E-state index is 13.1. The number of halogens is 2. The number of hydrogen-bond donors (Lipinski definition) is 0.